The highest BCUT2D eigenvalue weighted by molar-refractivity contribution is 6.39. The number of nitrogens with zero attached hydrogens (tertiary/aromatic N) is 3. The molecular formula is C40H42Cl2N4O4. The highest BCUT2D eigenvalue weighted by atomic mass is 35.5. The minimum absolute atomic E-state index is 0.0700. The summed E-state index contributed by atoms with van der Waals surface area (Å²) < 4.78 is 5.69. The van der Waals surface area contributed by atoms with Crippen LogP contribution in [0.4, 0.5) is 0 Å². The maximum absolute atomic E-state index is 11.6. The molecule has 50 heavy (non-hydrogen) atoms. The van der Waals surface area contributed by atoms with Crippen LogP contribution in [-0.2, 0) is 29.2 Å². The van der Waals surface area contributed by atoms with Crippen molar-refractivity contribution < 1.29 is 19.4 Å². The van der Waals surface area contributed by atoms with E-state index in [0.717, 1.165) is 103 Å². The average Bonchev–Trinajstić information content (AvgIpc) is 3.50. The molecule has 7 rings (SSSR count). The Hall–Kier alpha value is -3.95. The molecule has 8 nitrogen and oxygen atoms in total. The number of aryl methyl sites for hydroxylation is 1. The van der Waals surface area contributed by atoms with E-state index in [1.54, 1.807) is 14.0 Å². The molecule has 4 aromatic rings. The Balaban J connectivity index is 1.08. The van der Waals surface area contributed by atoms with Gasteiger partial charge in [0.1, 0.15) is 0 Å². The number of amides is 2. The molecule has 4 heterocycles. The summed E-state index contributed by atoms with van der Waals surface area (Å²) >= 11 is 14.3. The van der Waals surface area contributed by atoms with Crippen LogP contribution in [0.5, 0.6) is 5.88 Å². The van der Waals surface area contributed by atoms with Crippen molar-refractivity contribution in [3.63, 3.8) is 0 Å². The Kier molecular flexibility index (Phi) is 9.90. The Morgan fingerprint density at radius 2 is 1.62 bits per heavy atom. The number of hydrogen-bond donors (Lipinski definition) is 2. The third-order valence-electron chi connectivity index (χ3n) is 10.5. The number of pyridine rings is 1. The van der Waals surface area contributed by atoms with Crippen LogP contribution >= 0.6 is 23.2 Å². The van der Waals surface area contributed by atoms with E-state index in [0.29, 0.717) is 28.0 Å². The van der Waals surface area contributed by atoms with Gasteiger partial charge in [-0.15, -0.1) is 0 Å². The molecule has 10 heteroatoms. The number of rotatable bonds is 11. The van der Waals surface area contributed by atoms with Crippen molar-refractivity contribution in [2.24, 2.45) is 5.41 Å². The zero-order valence-corrected chi connectivity index (χ0v) is 30.0. The maximum Gasteiger partial charge on any atom is 0.220 e. The third kappa shape index (κ3) is 6.87. The first-order valence-electron chi connectivity index (χ1n) is 17.3. The van der Waals surface area contributed by atoms with Crippen LogP contribution in [0.2, 0.25) is 10.0 Å². The van der Waals surface area contributed by atoms with E-state index in [1.807, 2.05) is 59.5 Å². The van der Waals surface area contributed by atoms with Crippen molar-refractivity contribution >= 4 is 35.0 Å². The SMILES string of the molecule is COc1nc(-c2cccc(-c3cccc(-c4ccc(CN5CC6(C5)CN(C(C)=O)C6)c(CO)c4)c3Cl)c2Cl)ccc1CCC[C@@H]1CCC(=O)N1. The van der Waals surface area contributed by atoms with E-state index in [-0.39, 0.29) is 29.9 Å². The molecule has 260 valence electrons. The Labute approximate surface area is 303 Å². The number of ether oxygens (including phenoxy) is 1. The highest BCUT2D eigenvalue weighted by Gasteiger charge is 2.52. The summed E-state index contributed by atoms with van der Waals surface area (Å²) in [5.41, 5.74) is 8.08. The second kappa shape index (κ2) is 14.3. The number of methoxy groups -OCH3 is 1. The van der Waals surface area contributed by atoms with Crippen LogP contribution in [0.15, 0.2) is 66.7 Å². The molecular weight excluding hydrogens is 671 g/mol. The molecule has 1 aromatic heterocycles. The number of hydrogen-bond acceptors (Lipinski definition) is 6. The van der Waals surface area contributed by atoms with Crippen LogP contribution in [0.3, 0.4) is 0 Å². The van der Waals surface area contributed by atoms with Crippen molar-refractivity contribution in [1.29, 1.82) is 0 Å². The number of likely N-dealkylation sites (tertiary alicyclic amines) is 2. The predicted molar refractivity (Wildman–Crippen MR) is 197 cm³/mol. The molecule has 0 radical (unpaired) electrons. The van der Waals surface area contributed by atoms with Gasteiger partial charge in [-0.05, 0) is 54.5 Å². The Morgan fingerprint density at radius 3 is 2.28 bits per heavy atom. The van der Waals surface area contributed by atoms with Crippen molar-refractivity contribution in [2.45, 2.75) is 58.2 Å². The number of benzene rings is 3. The van der Waals surface area contributed by atoms with Crippen molar-refractivity contribution in [3.8, 4) is 39.4 Å². The number of halogens is 2. The van der Waals surface area contributed by atoms with Crippen LogP contribution < -0.4 is 10.1 Å². The molecule has 1 spiro atoms. The fourth-order valence-corrected chi connectivity index (χ4v) is 8.52. The molecule has 2 N–H and O–H groups in total. The lowest BCUT2D eigenvalue weighted by molar-refractivity contribution is -0.157. The molecule has 2 amide bonds. The molecule has 0 aliphatic carbocycles. The largest absolute Gasteiger partial charge is 0.481 e. The van der Waals surface area contributed by atoms with Crippen LogP contribution in [-0.4, -0.2) is 71.0 Å². The maximum atomic E-state index is 11.6. The summed E-state index contributed by atoms with van der Waals surface area (Å²) in [6, 6.07) is 22.2. The fourth-order valence-electron chi connectivity index (χ4n) is 7.86. The number of aromatic nitrogens is 1. The van der Waals surface area contributed by atoms with Gasteiger partial charge in [-0.3, -0.25) is 14.5 Å². The quantitative estimate of drug-likeness (QED) is 0.172. The van der Waals surface area contributed by atoms with Gasteiger partial charge in [0.2, 0.25) is 17.7 Å². The Morgan fingerprint density at radius 1 is 0.940 bits per heavy atom. The second-order valence-electron chi connectivity index (χ2n) is 14.1. The monoisotopic (exact) mass is 712 g/mol. The van der Waals surface area contributed by atoms with Gasteiger partial charge in [-0.2, -0.15) is 0 Å². The number of carbonyl (C=O) groups excluding carboxylic acids is 2. The standard InChI is InChI=1S/C40H42Cl2N4O4/c1-25(48)46-23-40(24-46)21-45(22-40)19-28-13-12-27(18-29(28)20-47)31-8-4-9-32(37(31)41)33-10-5-11-34(38(33)42)35-16-14-26(39(44-35)50-2)6-3-7-30-15-17-36(49)43-30/h4-5,8-14,16,18,30,47H,3,6-7,15,17,19-24H2,1-2H3,(H,43,49)/t30-/m1/s1. The predicted octanol–water partition coefficient (Wildman–Crippen LogP) is 7.16. The minimum atomic E-state index is -0.0700. The van der Waals surface area contributed by atoms with E-state index < -0.39 is 0 Å². The molecule has 3 aromatic carbocycles. The van der Waals surface area contributed by atoms with Crippen LogP contribution in [0, 0.1) is 5.41 Å². The van der Waals surface area contributed by atoms with E-state index in [9.17, 15) is 14.7 Å². The van der Waals surface area contributed by atoms with Gasteiger partial charge in [0.15, 0.2) is 0 Å². The van der Waals surface area contributed by atoms with E-state index in [2.05, 4.69) is 22.3 Å². The van der Waals surface area contributed by atoms with Gasteiger partial charge in [0.05, 0.1) is 29.5 Å². The van der Waals surface area contributed by atoms with Gasteiger partial charge in [-0.1, -0.05) is 77.8 Å². The second-order valence-corrected chi connectivity index (χ2v) is 14.8. The van der Waals surface area contributed by atoms with E-state index in [1.165, 1.54) is 0 Å². The zero-order chi connectivity index (χ0) is 35.0. The molecule has 1 atom stereocenters. The molecule has 3 saturated heterocycles. The normalized spacial score (nSPS) is 18.1. The van der Waals surface area contributed by atoms with Crippen molar-refractivity contribution in [2.75, 3.05) is 33.3 Å². The fraction of sp³-hybridized carbons (Fsp3) is 0.375. The van der Waals surface area contributed by atoms with Crippen molar-refractivity contribution in [3.05, 3.63) is 93.5 Å². The number of aliphatic hydroxyl groups excluding tert-OH is 1. The number of nitrogens with one attached hydrogen (secondary N) is 1. The van der Waals surface area contributed by atoms with Gasteiger partial charge < -0.3 is 20.1 Å². The molecule has 3 fully saturated rings. The molecule has 3 aliphatic rings. The van der Waals surface area contributed by atoms with E-state index >= 15 is 0 Å². The smallest absolute Gasteiger partial charge is 0.220 e. The highest BCUT2D eigenvalue weighted by Crippen LogP contribution is 2.44. The van der Waals surface area contributed by atoms with Gasteiger partial charge in [0.25, 0.3) is 0 Å². The van der Waals surface area contributed by atoms with Crippen LogP contribution in [0.1, 0.15) is 49.3 Å². The summed E-state index contributed by atoms with van der Waals surface area (Å²) in [6.07, 6.45) is 4.17. The summed E-state index contributed by atoms with van der Waals surface area (Å²) in [5.74, 6) is 0.854. The summed E-state index contributed by atoms with van der Waals surface area (Å²) in [6.45, 7) is 5.93. The van der Waals surface area contributed by atoms with Gasteiger partial charge in [0, 0.05) is 85.3 Å². The Bertz CT molecular complexity index is 1930. The first-order chi connectivity index (χ1) is 24.2. The molecule has 0 saturated carbocycles. The topological polar surface area (TPSA) is 95.0 Å². The summed E-state index contributed by atoms with van der Waals surface area (Å²) in [7, 11) is 1.63. The van der Waals surface area contributed by atoms with Crippen molar-refractivity contribution in [1.82, 2.24) is 20.1 Å². The van der Waals surface area contributed by atoms with Crippen LogP contribution in [0.25, 0.3) is 33.5 Å². The first kappa shape index (κ1) is 34.5. The lowest BCUT2D eigenvalue weighted by Crippen LogP contribution is -2.72. The lowest BCUT2D eigenvalue weighted by Gasteiger charge is -2.60. The zero-order valence-electron chi connectivity index (χ0n) is 28.5. The minimum Gasteiger partial charge on any atom is -0.481 e. The summed E-state index contributed by atoms with van der Waals surface area (Å²) in [4.78, 5) is 32.3. The average molecular weight is 714 g/mol. The first-order valence-corrected chi connectivity index (χ1v) is 18.0. The number of aliphatic hydroxyl groups is 1. The molecule has 3 aliphatic heterocycles. The molecule has 0 unspecified atom stereocenters. The third-order valence-corrected chi connectivity index (χ3v) is 11.3. The van der Waals surface area contributed by atoms with Gasteiger partial charge >= 0.3 is 0 Å². The lowest BCUT2D eigenvalue weighted by atomic mass is 9.72. The summed E-state index contributed by atoms with van der Waals surface area (Å²) in [5, 5.41) is 14.5. The van der Waals surface area contributed by atoms with E-state index in [4.69, 9.17) is 32.9 Å². The van der Waals surface area contributed by atoms with Gasteiger partial charge in [-0.25, -0.2) is 4.98 Å². The molecule has 0 bridgehead atoms. The number of carbonyl (C=O) groups is 2.